The zero-order valence-corrected chi connectivity index (χ0v) is 16.2. The molecule has 0 saturated carbocycles. The second-order valence-electron chi connectivity index (χ2n) is 6.92. The molecule has 0 spiro atoms. The molecule has 1 aliphatic heterocycles. The Bertz CT molecular complexity index is 1020. The summed E-state index contributed by atoms with van der Waals surface area (Å²) in [6, 6.07) is 14.3. The van der Waals surface area contributed by atoms with E-state index in [-0.39, 0.29) is 17.8 Å². The first kappa shape index (κ1) is 18.7. The fourth-order valence-corrected chi connectivity index (χ4v) is 4.83. The maximum atomic E-state index is 12.5. The van der Waals surface area contributed by atoms with Crippen molar-refractivity contribution < 1.29 is 12.9 Å². The van der Waals surface area contributed by atoms with Crippen molar-refractivity contribution in [2.24, 2.45) is 0 Å². The average molecular weight is 399 g/mol. The second-order valence-corrected chi connectivity index (χ2v) is 8.68. The Morgan fingerprint density at radius 3 is 2.71 bits per heavy atom. The highest BCUT2D eigenvalue weighted by Crippen LogP contribution is 2.31. The smallest absolute Gasteiger partial charge is 0.244 e. The van der Waals surface area contributed by atoms with E-state index in [0.717, 1.165) is 5.56 Å². The predicted molar refractivity (Wildman–Crippen MR) is 104 cm³/mol. The Kier molecular flexibility index (Phi) is 5.21. The summed E-state index contributed by atoms with van der Waals surface area (Å²) in [4.78, 5) is 10.7. The molecule has 0 radical (unpaired) electrons. The van der Waals surface area contributed by atoms with Crippen LogP contribution in [0.15, 0.2) is 59.3 Å². The van der Waals surface area contributed by atoms with Gasteiger partial charge in [-0.3, -0.25) is 9.88 Å². The minimum Gasteiger partial charge on any atom is -0.337 e. The van der Waals surface area contributed by atoms with Gasteiger partial charge in [0, 0.05) is 18.8 Å². The average Bonchev–Trinajstić information content (AvgIpc) is 3.29. The lowest BCUT2D eigenvalue weighted by molar-refractivity contribution is 0.244. The van der Waals surface area contributed by atoms with Crippen LogP contribution >= 0.6 is 0 Å². The number of benzene rings is 1. The third-order valence-electron chi connectivity index (χ3n) is 4.71. The number of likely N-dealkylation sites (tertiary alicyclic amines) is 1. The van der Waals surface area contributed by atoms with Gasteiger partial charge in [-0.2, -0.15) is 4.98 Å². The number of nitrogens with one attached hydrogen (secondary N) is 1. The molecular weight excluding hydrogens is 378 g/mol. The fraction of sp³-hybridized carbons (Fsp3) is 0.316. The van der Waals surface area contributed by atoms with E-state index in [4.69, 9.17) is 4.52 Å². The number of pyridine rings is 1. The van der Waals surface area contributed by atoms with Crippen LogP contribution in [-0.4, -0.2) is 48.1 Å². The number of nitrogens with zero attached hydrogens (tertiary/aromatic N) is 4. The molecule has 1 aromatic carbocycles. The monoisotopic (exact) mass is 399 g/mol. The van der Waals surface area contributed by atoms with Crippen LogP contribution in [0.2, 0.25) is 0 Å². The van der Waals surface area contributed by atoms with Crippen LogP contribution in [-0.2, 0) is 15.8 Å². The molecule has 28 heavy (non-hydrogen) atoms. The Hall–Kier alpha value is -2.62. The van der Waals surface area contributed by atoms with Gasteiger partial charge in [0.2, 0.25) is 21.7 Å². The van der Waals surface area contributed by atoms with Crippen LogP contribution in [0, 0.1) is 0 Å². The minimum absolute atomic E-state index is 0.0386. The third-order valence-corrected chi connectivity index (χ3v) is 6.12. The summed E-state index contributed by atoms with van der Waals surface area (Å²) in [6.07, 6.45) is 2.24. The van der Waals surface area contributed by atoms with Crippen molar-refractivity contribution in [2.45, 2.75) is 24.3 Å². The van der Waals surface area contributed by atoms with Gasteiger partial charge in [-0.05, 0) is 31.2 Å². The normalized spacial score (nSPS) is 20.5. The molecule has 0 unspecified atom stereocenters. The molecule has 0 amide bonds. The molecule has 8 nitrogen and oxygen atoms in total. The molecule has 4 rings (SSSR count). The van der Waals surface area contributed by atoms with E-state index in [9.17, 15) is 8.42 Å². The van der Waals surface area contributed by atoms with Crippen molar-refractivity contribution in [3.63, 3.8) is 0 Å². The van der Waals surface area contributed by atoms with E-state index in [1.54, 1.807) is 18.3 Å². The van der Waals surface area contributed by atoms with Gasteiger partial charge in [0.05, 0.1) is 11.8 Å². The topological polar surface area (TPSA) is 101 Å². The Morgan fingerprint density at radius 1 is 1.18 bits per heavy atom. The van der Waals surface area contributed by atoms with Gasteiger partial charge in [-0.1, -0.05) is 41.6 Å². The van der Waals surface area contributed by atoms with Gasteiger partial charge in [-0.25, -0.2) is 13.1 Å². The molecule has 1 saturated heterocycles. The summed E-state index contributed by atoms with van der Waals surface area (Å²) < 4.78 is 33.2. The minimum atomic E-state index is -3.44. The molecule has 3 heterocycles. The Morgan fingerprint density at radius 2 is 1.96 bits per heavy atom. The summed E-state index contributed by atoms with van der Waals surface area (Å²) in [7, 11) is -1.52. The van der Waals surface area contributed by atoms with Crippen molar-refractivity contribution in [3.05, 3.63) is 66.2 Å². The van der Waals surface area contributed by atoms with Crippen molar-refractivity contribution in [1.29, 1.82) is 0 Å². The quantitative estimate of drug-likeness (QED) is 0.676. The van der Waals surface area contributed by atoms with Gasteiger partial charge >= 0.3 is 0 Å². The van der Waals surface area contributed by atoms with E-state index in [1.807, 2.05) is 48.3 Å². The van der Waals surface area contributed by atoms with Crippen molar-refractivity contribution in [1.82, 2.24) is 24.7 Å². The van der Waals surface area contributed by atoms with Crippen LogP contribution in [0.4, 0.5) is 0 Å². The summed E-state index contributed by atoms with van der Waals surface area (Å²) in [5, 5.41) is 4.01. The van der Waals surface area contributed by atoms with Crippen molar-refractivity contribution in [2.75, 3.05) is 13.6 Å². The van der Waals surface area contributed by atoms with Gasteiger partial charge in [0.25, 0.3) is 0 Å². The lowest BCUT2D eigenvalue weighted by atomic mass is 10.2. The molecule has 146 valence electrons. The van der Waals surface area contributed by atoms with Gasteiger partial charge in [-0.15, -0.1) is 0 Å². The van der Waals surface area contributed by atoms with Gasteiger partial charge < -0.3 is 4.52 Å². The number of aromatic nitrogens is 3. The second kappa shape index (κ2) is 7.78. The summed E-state index contributed by atoms with van der Waals surface area (Å²) >= 11 is 0. The zero-order chi connectivity index (χ0) is 19.6. The lowest BCUT2D eigenvalue weighted by Crippen LogP contribution is -2.37. The first-order chi connectivity index (χ1) is 13.5. The molecule has 9 heteroatoms. The first-order valence-electron chi connectivity index (χ1n) is 8.99. The number of hydrogen-bond donors (Lipinski definition) is 1. The van der Waals surface area contributed by atoms with E-state index < -0.39 is 10.0 Å². The van der Waals surface area contributed by atoms with Crippen molar-refractivity contribution in [3.8, 4) is 11.5 Å². The van der Waals surface area contributed by atoms with Crippen LogP contribution in [0.5, 0.6) is 0 Å². The molecule has 0 bridgehead atoms. The maximum absolute atomic E-state index is 12.5. The van der Waals surface area contributed by atoms with Crippen LogP contribution in [0.1, 0.15) is 23.9 Å². The summed E-state index contributed by atoms with van der Waals surface area (Å²) in [5.41, 5.74) is 1.40. The molecule has 1 aliphatic rings. The van der Waals surface area contributed by atoms with Gasteiger partial charge in [0.15, 0.2) is 0 Å². The highest BCUT2D eigenvalue weighted by molar-refractivity contribution is 7.88. The number of likely N-dealkylation sites (N-methyl/N-ethyl adjacent to an activating group) is 1. The molecular formula is C19H21N5O3S. The number of hydrogen-bond acceptors (Lipinski definition) is 7. The summed E-state index contributed by atoms with van der Waals surface area (Å²) in [6.45, 7) is 0.569. The first-order valence-corrected chi connectivity index (χ1v) is 10.6. The number of sulfonamides is 1. The highest BCUT2D eigenvalue weighted by atomic mass is 32.2. The van der Waals surface area contributed by atoms with Gasteiger partial charge in [0.1, 0.15) is 5.69 Å². The van der Waals surface area contributed by atoms with E-state index in [2.05, 4.69) is 19.8 Å². The molecule has 2 aromatic heterocycles. The van der Waals surface area contributed by atoms with E-state index in [0.29, 0.717) is 30.4 Å². The largest absolute Gasteiger partial charge is 0.337 e. The summed E-state index contributed by atoms with van der Waals surface area (Å²) in [5.74, 6) is 0.855. The molecule has 1 N–H and O–H groups in total. The highest BCUT2D eigenvalue weighted by Gasteiger charge is 2.36. The number of rotatable bonds is 6. The molecule has 2 atom stereocenters. The van der Waals surface area contributed by atoms with Crippen LogP contribution in [0.25, 0.3) is 11.5 Å². The predicted octanol–water partition coefficient (Wildman–Crippen LogP) is 2.00. The van der Waals surface area contributed by atoms with Crippen LogP contribution in [0.3, 0.4) is 0 Å². The molecule has 3 aromatic rings. The SMILES string of the molecule is CN1C[C@@H](NS(=O)(=O)Cc2ccccc2)C[C@H]1c1nc(-c2ccccn2)no1. The van der Waals surface area contributed by atoms with E-state index in [1.165, 1.54) is 0 Å². The van der Waals surface area contributed by atoms with Crippen molar-refractivity contribution >= 4 is 10.0 Å². The molecule has 0 aliphatic carbocycles. The Labute approximate surface area is 163 Å². The maximum Gasteiger partial charge on any atom is 0.244 e. The van der Waals surface area contributed by atoms with Crippen LogP contribution < -0.4 is 4.72 Å². The zero-order valence-electron chi connectivity index (χ0n) is 15.4. The standard InChI is InChI=1S/C19H21N5O3S/c1-24-12-15(23-28(25,26)13-14-7-3-2-4-8-14)11-17(24)19-21-18(22-27-19)16-9-5-6-10-20-16/h2-10,15,17,23H,11-13H2,1H3/t15-,17-/m0/s1. The van der Waals surface area contributed by atoms with E-state index >= 15 is 0 Å². The lowest BCUT2D eigenvalue weighted by Gasteiger charge is -2.14. The third kappa shape index (κ3) is 4.27. The molecule has 1 fully saturated rings. The Balaban J connectivity index is 1.43. The fourth-order valence-electron chi connectivity index (χ4n) is 3.43.